The van der Waals surface area contributed by atoms with Crippen LogP contribution in [-0.2, 0) is 0 Å². The van der Waals surface area contributed by atoms with Gasteiger partial charge in [0.1, 0.15) is 0 Å². The summed E-state index contributed by atoms with van der Waals surface area (Å²) in [6.45, 7) is 0. The van der Waals surface area contributed by atoms with E-state index in [4.69, 9.17) is 116 Å². The maximum absolute atomic E-state index is 5.69. The summed E-state index contributed by atoms with van der Waals surface area (Å²) in [6, 6.07) is 0. The van der Waals surface area contributed by atoms with E-state index in [-0.39, 0.29) is 8.37 Å². The Balaban J connectivity index is 5.01. The van der Waals surface area contributed by atoms with E-state index < -0.39 is 16.1 Å². The van der Waals surface area contributed by atoms with E-state index in [0.717, 1.165) is 0 Å². The number of alkyl halides is 10. The summed E-state index contributed by atoms with van der Waals surface area (Å²) >= 11 is 55.4. The fourth-order valence-corrected chi connectivity index (χ4v) is 1.85. The molecule has 0 aromatic heterocycles. The average molecular weight is 448 g/mol. The zero-order valence-corrected chi connectivity index (χ0v) is 15.1. The summed E-state index contributed by atoms with van der Waals surface area (Å²) in [5.74, 6) is 0. The summed E-state index contributed by atoms with van der Waals surface area (Å²) in [6.07, 6.45) is 0. The highest BCUT2D eigenvalue weighted by Crippen LogP contribution is 2.56. The lowest BCUT2D eigenvalue weighted by molar-refractivity contribution is 0.860. The minimum absolute atomic E-state index is 0.180. The number of hydrogen-bond donors (Lipinski definition) is 0. The molecule has 0 bridgehead atoms. The van der Waals surface area contributed by atoms with Gasteiger partial charge in [-0.2, -0.15) is 0 Å². The monoisotopic (exact) mass is 443 g/mol. The Morgan fingerprint density at radius 3 is 1.25 bits per heavy atom. The summed E-state index contributed by atoms with van der Waals surface area (Å²) in [5, 5.41) is 0. The van der Waals surface area contributed by atoms with Crippen molar-refractivity contribution in [3.63, 3.8) is 0 Å². The molecule has 0 fully saturated rings. The Hall–Kier alpha value is 3.00. The molecule has 0 aromatic rings. The lowest BCUT2D eigenvalue weighted by atomic mass is 10.7. The minimum Gasteiger partial charge on any atom is -0.222 e. The molecule has 0 unspecified atom stereocenters. The second-order valence-electron chi connectivity index (χ2n) is 2.28. The van der Waals surface area contributed by atoms with Crippen LogP contribution in [0.2, 0.25) is 0 Å². The van der Waals surface area contributed by atoms with E-state index in [2.05, 4.69) is 4.74 Å². The molecule has 96 valence electrons. The summed E-state index contributed by atoms with van der Waals surface area (Å²) < 4.78 is -4.51. The van der Waals surface area contributed by atoms with Crippen LogP contribution in [0.15, 0.2) is 4.74 Å². The van der Waals surface area contributed by atoms with Gasteiger partial charge in [-0.3, -0.25) is 0 Å². The number of rotatable bonds is 2. The molecule has 0 atom stereocenters. The standard InChI is InChI=1S/C4Cl10NP/c5-1(6,7)3(11,12)15-16-4(13,14)2(8,9)10. The van der Waals surface area contributed by atoms with Crippen molar-refractivity contribution in [2.75, 3.05) is 0 Å². The molecular weight excluding hydrogens is 448 g/mol. The normalized spacial score (nSPS) is 15.9. The van der Waals surface area contributed by atoms with Crippen molar-refractivity contribution in [2.45, 2.75) is 16.1 Å². The average Bonchev–Trinajstić information content (AvgIpc) is 1.97. The highest BCUT2D eigenvalue weighted by molar-refractivity contribution is 7.37. The van der Waals surface area contributed by atoms with Gasteiger partial charge in [-0.05, 0) is 0 Å². The number of nitrogens with zero attached hydrogens (tertiary/aromatic N) is 1. The quantitative estimate of drug-likeness (QED) is 0.243. The van der Waals surface area contributed by atoms with Gasteiger partial charge in [0.15, 0.2) is 0 Å². The van der Waals surface area contributed by atoms with Gasteiger partial charge < -0.3 is 0 Å². The van der Waals surface area contributed by atoms with Gasteiger partial charge in [-0.15, -0.1) is 0 Å². The van der Waals surface area contributed by atoms with Crippen LogP contribution < -0.4 is 0 Å². The van der Waals surface area contributed by atoms with E-state index >= 15 is 0 Å². The molecule has 1 nitrogen and oxygen atoms in total. The first-order valence-electron chi connectivity index (χ1n) is 3.04. The van der Waals surface area contributed by atoms with Gasteiger partial charge in [0.25, 0.3) is 4.46 Å². The Kier molecular flexibility index (Phi) is 7.35. The van der Waals surface area contributed by atoms with E-state index in [1.54, 1.807) is 0 Å². The van der Waals surface area contributed by atoms with E-state index in [0.29, 0.717) is 0 Å². The van der Waals surface area contributed by atoms with Gasteiger partial charge in [0.2, 0.25) is 11.7 Å². The highest BCUT2D eigenvalue weighted by Gasteiger charge is 2.50. The van der Waals surface area contributed by atoms with Gasteiger partial charge in [0, 0.05) is 0 Å². The third-order valence-electron chi connectivity index (χ3n) is 0.983. The van der Waals surface area contributed by atoms with Crippen molar-refractivity contribution < 1.29 is 0 Å². The molecule has 0 N–H and O–H groups in total. The Morgan fingerprint density at radius 2 is 1.00 bits per heavy atom. The van der Waals surface area contributed by atoms with Crippen molar-refractivity contribution in [2.24, 2.45) is 4.74 Å². The van der Waals surface area contributed by atoms with Crippen LogP contribution in [0.1, 0.15) is 0 Å². The van der Waals surface area contributed by atoms with Crippen LogP contribution in [0.5, 0.6) is 0 Å². The van der Waals surface area contributed by atoms with Crippen LogP contribution in [0.25, 0.3) is 0 Å². The molecule has 0 saturated heterocycles. The summed E-state index contributed by atoms with van der Waals surface area (Å²) in [5.41, 5.74) is 0. The van der Waals surface area contributed by atoms with Crippen molar-refractivity contribution >= 4 is 124 Å². The summed E-state index contributed by atoms with van der Waals surface area (Å²) in [7, 11) is -0.180. The maximum Gasteiger partial charge on any atom is 0.258 e. The molecule has 0 aliphatic heterocycles. The third kappa shape index (κ3) is 5.55. The van der Waals surface area contributed by atoms with E-state index in [1.807, 2.05) is 0 Å². The third-order valence-corrected chi connectivity index (χ3v) is 7.19. The summed E-state index contributed by atoms with van der Waals surface area (Å²) in [4.78, 5) is 0. The Labute approximate surface area is 144 Å². The number of halogens is 10. The second kappa shape index (κ2) is 6.19. The zero-order chi connectivity index (χ0) is 13.4. The van der Waals surface area contributed by atoms with Crippen LogP contribution in [0.4, 0.5) is 0 Å². The minimum atomic E-state index is -2.08. The van der Waals surface area contributed by atoms with Crippen LogP contribution in [-0.4, -0.2) is 16.1 Å². The smallest absolute Gasteiger partial charge is 0.222 e. The van der Waals surface area contributed by atoms with Gasteiger partial charge in [-0.25, -0.2) is 4.74 Å². The first kappa shape index (κ1) is 19.0. The number of hydrogen-bond acceptors (Lipinski definition) is 1. The molecule has 0 aliphatic rings. The molecule has 0 radical (unpaired) electrons. The lowest BCUT2D eigenvalue weighted by Gasteiger charge is -2.26. The fraction of sp³-hybridized carbons (Fsp3) is 1.00. The first-order valence-corrected chi connectivity index (χ1v) is 7.66. The zero-order valence-electron chi connectivity index (χ0n) is 6.67. The van der Waals surface area contributed by atoms with Gasteiger partial charge in [-0.1, -0.05) is 116 Å². The Bertz CT molecular complexity index is 246. The molecule has 0 heterocycles. The second-order valence-corrected chi connectivity index (χ2v) is 11.1. The van der Waals surface area contributed by atoms with Crippen molar-refractivity contribution in [3.05, 3.63) is 0 Å². The van der Waals surface area contributed by atoms with Crippen molar-refractivity contribution in [3.8, 4) is 0 Å². The SMILES string of the molecule is ClC(Cl)(Cl)C(Cl)(Cl)N=PC(Cl)(Cl)C(Cl)(Cl)Cl. The predicted octanol–water partition coefficient (Wildman–Crippen LogP) is 7.12. The van der Waals surface area contributed by atoms with Crippen LogP contribution in [0, 0.1) is 0 Å². The predicted molar refractivity (Wildman–Crippen MR) is 78.8 cm³/mol. The largest absolute Gasteiger partial charge is 0.258 e. The van der Waals surface area contributed by atoms with E-state index in [9.17, 15) is 0 Å². The molecular formula is C4Cl10NP. The lowest BCUT2D eigenvalue weighted by Crippen LogP contribution is -2.29. The fourth-order valence-electron chi connectivity index (χ4n) is 0.239. The Morgan fingerprint density at radius 1 is 0.625 bits per heavy atom. The van der Waals surface area contributed by atoms with Crippen molar-refractivity contribution in [1.29, 1.82) is 0 Å². The molecule has 16 heavy (non-hydrogen) atoms. The highest BCUT2D eigenvalue weighted by atomic mass is 35.6. The van der Waals surface area contributed by atoms with Gasteiger partial charge in [0.05, 0.1) is 8.37 Å². The van der Waals surface area contributed by atoms with Gasteiger partial charge >= 0.3 is 0 Å². The maximum atomic E-state index is 5.69. The van der Waals surface area contributed by atoms with Crippen LogP contribution >= 0.6 is 124 Å². The molecule has 0 aromatic carbocycles. The molecule has 0 rings (SSSR count). The molecule has 0 aliphatic carbocycles. The first-order chi connectivity index (χ1) is 6.71. The van der Waals surface area contributed by atoms with Crippen molar-refractivity contribution in [1.82, 2.24) is 0 Å². The molecule has 12 heteroatoms. The van der Waals surface area contributed by atoms with Crippen LogP contribution in [0.3, 0.4) is 0 Å². The molecule has 0 saturated carbocycles. The molecule has 0 amide bonds. The topological polar surface area (TPSA) is 12.4 Å². The van der Waals surface area contributed by atoms with E-state index in [1.165, 1.54) is 0 Å². The molecule has 0 spiro atoms.